The molecule has 1 aliphatic rings. The molecule has 2 heterocycles. The number of alkyl carbamates (subject to hydrolysis) is 1. The number of pyridine rings is 1. The Bertz CT molecular complexity index is 646. The third kappa shape index (κ3) is 4.31. The predicted octanol–water partition coefficient (Wildman–Crippen LogP) is 0.442. The van der Waals surface area contributed by atoms with Gasteiger partial charge in [0.15, 0.2) is 0 Å². The topological polar surface area (TPSA) is 115 Å². The van der Waals surface area contributed by atoms with Crippen LogP contribution in [0.2, 0.25) is 0 Å². The van der Waals surface area contributed by atoms with Crippen molar-refractivity contribution in [3.8, 4) is 0 Å². The number of ether oxygens (including phenoxy) is 1. The Labute approximate surface area is 129 Å². The first-order valence-corrected chi connectivity index (χ1v) is 8.32. The molecule has 0 aliphatic carbocycles. The lowest BCUT2D eigenvalue weighted by molar-refractivity contribution is 0.0496. The molecule has 0 saturated carbocycles. The van der Waals surface area contributed by atoms with E-state index in [2.05, 4.69) is 10.3 Å². The van der Waals surface area contributed by atoms with E-state index in [1.165, 1.54) is 12.3 Å². The number of nitrogens with two attached hydrogens (primary N) is 1. The number of carbonyl (C=O) groups is 1. The Morgan fingerprint density at radius 2 is 2.05 bits per heavy atom. The minimum Gasteiger partial charge on any atom is -0.444 e. The molecule has 0 atom stereocenters. The molecule has 22 heavy (non-hydrogen) atoms. The van der Waals surface area contributed by atoms with Crippen molar-refractivity contribution in [2.45, 2.75) is 37.3 Å². The van der Waals surface area contributed by atoms with Gasteiger partial charge in [-0.3, -0.25) is 0 Å². The van der Waals surface area contributed by atoms with Gasteiger partial charge in [0, 0.05) is 19.3 Å². The van der Waals surface area contributed by atoms with Crippen LogP contribution in [0, 0.1) is 0 Å². The van der Waals surface area contributed by atoms with Crippen LogP contribution in [0.4, 0.5) is 10.6 Å². The van der Waals surface area contributed by atoms with Gasteiger partial charge in [-0.05, 0) is 32.9 Å². The highest BCUT2D eigenvalue weighted by molar-refractivity contribution is 7.89. The second kappa shape index (κ2) is 5.73. The summed E-state index contributed by atoms with van der Waals surface area (Å²) in [5.41, 5.74) is -0.529. The zero-order chi connectivity index (χ0) is 16.5. The van der Waals surface area contributed by atoms with E-state index < -0.39 is 21.7 Å². The van der Waals surface area contributed by atoms with E-state index >= 15 is 0 Å². The van der Waals surface area contributed by atoms with E-state index in [1.54, 1.807) is 26.8 Å². The molecule has 1 fully saturated rings. The Hall–Kier alpha value is -1.87. The van der Waals surface area contributed by atoms with Crippen LogP contribution < -0.4 is 15.4 Å². The third-order valence-electron chi connectivity index (χ3n) is 2.98. The zero-order valence-corrected chi connectivity index (χ0v) is 13.6. The Kier molecular flexibility index (Phi) is 4.30. The lowest BCUT2D eigenvalue weighted by atomic mass is 10.1. The highest BCUT2D eigenvalue weighted by atomic mass is 32.2. The van der Waals surface area contributed by atoms with Gasteiger partial charge in [0.2, 0.25) is 10.0 Å². The molecular formula is C13H20N4O4S. The van der Waals surface area contributed by atoms with Crippen molar-refractivity contribution in [3.63, 3.8) is 0 Å². The van der Waals surface area contributed by atoms with Crippen LogP contribution in [0.1, 0.15) is 20.8 Å². The largest absolute Gasteiger partial charge is 0.444 e. The number of sulfonamides is 1. The first kappa shape index (κ1) is 16.5. The van der Waals surface area contributed by atoms with Crippen molar-refractivity contribution in [2.24, 2.45) is 5.14 Å². The van der Waals surface area contributed by atoms with Crippen molar-refractivity contribution in [1.29, 1.82) is 0 Å². The van der Waals surface area contributed by atoms with Crippen LogP contribution in [0.25, 0.3) is 0 Å². The van der Waals surface area contributed by atoms with Gasteiger partial charge in [0.05, 0.1) is 6.04 Å². The standard InChI is InChI=1S/C13H20N4O4S/c1-13(2,3)21-12(18)16-9-7-17(8-9)11-5-4-10(6-15-11)22(14,19)20/h4-6,9H,7-8H2,1-3H3,(H,16,18)(H2,14,19,20). The maximum Gasteiger partial charge on any atom is 0.407 e. The molecule has 0 bridgehead atoms. The molecule has 0 spiro atoms. The number of aromatic nitrogens is 1. The van der Waals surface area contributed by atoms with Gasteiger partial charge in [-0.1, -0.05) is 0 Å². The number of nitrogens with zero attached hydrogens (tertiary/aromatic N) is 2. The normalized spacial score (nSPS) is 16.1. The fraction of sp³-hybridized carbons (Fsp3) is 0.538. The first-order valence-electron chi connectivity index (χ1n) is 6.78. The number of primary sulfonamides is 1. The summed E-state index contributed by atoms with van der Waals surface area (Å²) in [7, 11) is -3.73. The second-order valence-electron chi connectivity index (χ2n) is 6.15. The third-order valence-corrected chi connectivity index (χ3v) is 3.87. The van der Waals surface area contributed by atoms with Crippen molar-refractivity contribution >= 4 is 21.9 Å². The molecule has 1 amide bonds. The van der Waals surface area contributed by atoms with E-state index in [1.807, 2.05) is 4.90 Å². The summed E-state index contributed by atoms with van der Waals surface area (Å²) in [5.74, 6) is 0.634. The molecule has 9 heteroatoms. The molecule has 0 aromatic carbocycles. The quantitative estimate of drug-likeness (QED) is 0.832. The smallest absolute Gasteiger partial charge is 0.407 e. The number of hydrogen-bond donors (Lipinski definition) is 2. The van der Waals surface area contributed by atoms with E-state index in [9.17, 15) is 13.2 Å². The Morgan fingerprint density at radius 3 is 2.50 bits per heavy atom. The maximum absolute atomic E-state index is 11.6. The van der Waals surface area contributed by atoms with Crippen molar-refractivity contribution in [1.82, 2.24) is 10.3 Å². The minimum absolute atomic E-state index is 0.0189. The van der Waals surface area contributed by atoms with Gasteiger partial charge in [0.1, 0.15) is 16.3 Å². The average Bonchev–Trinajstić information content (AvgIpc) is 2.30. The highest BCUT2D eigenvalue weighted by Gasteiger charge is 2.30. The summed E-state index contributed by atoms with van der Waals surface area (Å²) < 4.78 is 27.5. The molecule has 1 aromatic heterocycles. The molecule has 1 aromatic rings. The van der Waals surface area contributed by atoms with E-state index in [-0.39, 0.29) is 10.9 Å². The van der Waals surface area contributed by atoms with Gasteiger partial charge in [-0.15, -0.1) is 0 Å². The molecule has 0 unspecified atom stereocenters. The number of nitrogens with one attached hydrogen (secondary N) is 1. The van der Waals surface area contributed by atoms with Crippen molar-refractivity contribution in [3.05, 3.63) is 18.3 Å². The number of carbonyl (C=O) groups excluding carboxylic acids is 1. The average molecular weight is 328 g/mol. The van der Waals surface area contributed by atoms with Gasteiger partial charge < -0.3 is 15.0 Å². The molecule has 0 radical (unpaired) electrons. The summed E-state index contributed by atoms with van der Waals surface area (Å²) in [5, 5.41) is 7.78. The number of anilines is 1. The maximum atomic E-state index is 11.6. The monoisotopic (exact) mass is 328 g/mol. The van der Waals surface area contributed by atoms with Crippen LogP contribution in [0.5, 0.6) is 0 Å². The number of hydrogen-bond acceptors (Lipinski definition) is 6. The van der Waals surface area contributed by atoms with Crippen LogP contribution >= 0.6 is 0 Å². The van der Waals surface area contributed by atoms with E-state index in [0.717, 1.165) is 0 Å². The molecule has 122 valence electrons. The molecule has 1 saturated heterocycles. The lowest BCUT2D eigenvalue weighted by Crippen LogP contribution is -2.60. The molecule has 8 nitrogen and oxygen atoms in total. The minimum atomic E-state index is -3.73. The van der Waals surface area contributed by atoms with Crippen LogP contribution in [0.3, 0.4) is 0 Å². The lowest BCUT2D eigenvalue weighted by Gasteiger charge is -2.40. The summed E-state index contributed by atoms with van der Waals surface area (Å²) in [6, 6.07) is 2.98. The van der Waals surface area contributed by atoms with Gasteiger partial charge in [-0.2, -0.15) is 0 Å². The summed E-state index contributed by atoms with van der Waals surface area (Å²) in [6.45, 7) is 6.58. The Morgan fingerprint density at radius 1 is 1.41 bits per heavy atom. The van der Waals surface area contributed by atoms with E-state index in [4.69, 9.17) is 9.88 Å². The summed E-state index contributed by atoms with van der Waals surface area (Å²) >= 11 is 0. The Balaban J connectivity index is 1.85. The first-order chi connectivity index (χ1) is 10.0. The van der Waals surface area contributed by atoms with Crippen LogP contribution in [-0.2, 0) is 14.8 Å². The second-order valence-corrected chi connectivity index (χ2v) is 7.71. The number of rotatable bonds is 3. The fourth-order valence-corrected chi connectivity index (χ4v) is 2.42. The summed E-state index contributed by atoms with van der Waals surface area (Å²) in [4.78, 5) is 17.6. The molecule has 1 aliphatic heterocycles. The fourth-order valence-electron chi connectivity index (χ4n) is 1.96. The zero-order valence-electron chi connectivity index (χ0n) is 12.7. The summed E-state index contributed by atoms with van der Waals surface area (Å²) in [6.07, 6.45) is 0.772. The SMILES string of the molecule is CC(C)(C)OC(=O)NC1CN(c2ccc(S(N)(=O)=O)cn2)C1. The highest BCUT2D eigenvalue weighted by Crippen LogP contribution is 2.20. The number of amides is 1. The van der Waals surface area contributed by atoms with Crippen molar-refractivity contribution in [2.75, 3.05) is 18.0 Å². The van der Waals surface area contributed by atoms with Gasteiger partial charge in [0.25, 0.3) is 0 Å². The van der Waals surface area contributed by atoms with Crippen LogP contribution in [0.15, 0.2) is 23.2 Å². The van der Waals surface area contributed by atoms with Crippen LogP contribution in [-0.4, -0.2) is 44.2 Å². The van der Waals surface area contributed by atoms with Gasteiger partial charge in [-0.25, -0.2) is 23.3 Å². The van der Waals surface area contributed by atoms with Crippen molar-refractivity contribution < 1.29 is 17.9 Å². The molecule has 2 rings (SSSR count). The van der Waals surface area contributed by atoms with E-state index in [0.29, 0.717) is 18.9 Å². The molecule has 3 N–H and O–H groups in total. The van der Waals surface area contributed by atoms with Gasteiger partial charge >= 0.3 is 6.09 Å². The molecular weight excluding hydrogens is 308 g/mol. The predicted molar refractivity (Wildman–Crippen MR) is 81.0 cm³/mol.